The molecule has 29 heavy (non-hydrogen) atoms. The summed E-state index contributed by atoms with van der Waals surface area (Å²) in [6, 6.07) is 11.6. The van der Waals surface area contributed by atoms with Gasteiger partial charge in [0.1, 0.15) is 0 Å². The van der Waals surface area contributed by atoms with Crippen molar-refractivity contribution in [3.8, 4) is 0 Å². The summed E-state index contributed by atoms with van der Waals surface area (Å²) in [7, 11) is 3.32. The lowest BCUT2D eigenvalue weighted by Gasteiger charge is -2.29. The highest BCUT2D eigenvalue weighted by Gasteiger charge is 2.16. The third kappa shape index (κ3) is 5.68. The molecular formula is C25H35N3S. The van der Waals surface area contributed by atoms with Crippen LogP contribution in [0.3, 0.4) is 0 Å². The predicted molar refractivity (Wildman–Crippen MR) is 135 cm³/mol. The molecular weight excluding hydrogens is 374 g/mol. The van der Waals surface area contributed by atoms with E-state index >= 15 is 0 Å². The number of nitrogens with zero attached hydrogens (tertiary/aromatic N) is 1. The van der Waals surface area contributed by atoms with Crippen LogP contribution in [0.5, 0.6) is 0 Å². The molecule has 1 saturated heterocycles. The molecule has 3 nitrogen and oxygen atoms in total. The SMILES string of the molecule is C=c1[nH]c(CN(C)C)c/c1=C(/C=C\C)c1ccc(NC2CCS(=C)(=C)CC2)cc1. The fourth-order valence-corrected chi connectivity index (χ4v) is 5.66. The first-order valence-corrected chi connectivity index (χ1v) is 12.6. The first-order valence-electron chi connectivity index (χ1n) is 10.3. The predicted octanol–water partition coefficient (Wildman–Crippen LogP) is 3.50. The number of nitrogens with one attached hydrogen (secondary N) is 2. The van der Waals surface area contributed by atoms with Crippen LogP contribution in [0.15, 0.2) is 42.5 Å². The van der Waals surface area contributed by atoms with Crippen molar-refractivity contribution in [2.45, 2.75) is 32.4 Å². The lowest BCUT2D eigenvalue weighted by Crippen LogP contribution is -2.26. The zero-order chi connectivity index (χ0) is 21.0. The quantitative estimate of drug-likeness (QED) is 0.716. The summed E-state index contributed by atoms with van der Waals surface area (Å²) < 4.78 is 0. The molecule has 156 valence electrons. The lowest BCUT2D eigenvalue weighted by atomic mass is 10.0. The van der Waals surface area contributed by atoms with E-state index in [1.165, 1.54) is 35.4 Å². The molecule has 1 aromatic carbocycles. The van der Waals surface area contributed by atoms with Crippen molar-refractivity contribution < 1.29 is 0 Å². The molecule has 2 heterocycles. The fraction of sp³-hybridized carbons (Fsp3) is 0.360. The zero-order valence-corrected chi connectivity index (χ0v) is 18.9. The van der Waals surface area contributed by atoms with Crippen molar-refractivity contribution in [1.29, 1.82) is 0 Å². The van der Waals surface area contributed by atoms with Gasteiger partial charge in [-0.3, -0.25) is 0 Å². The second kappa shape index (κ2) is 9.10. The van der Waals surface area contributed by atoms with Gasteiger partial charge in [-0.25, -0.2) is 9.21 Å². The molecule has 0 amide bonds. The number of aromatic amines is 1. The Kier molecular flexibility index (Phi) is 6.76. The molecule has 0 saturated carbocycles. The maximum Gasteiger partial charge on any atom is 0.0389 e. The number of benzene rings is 1. The standard InChI is InChI=1S/C25H35N3S/c1-7-8-24(25-17-23(18-28(3)4)26-19(25)2)20-9-11-21(12-10-20)27-22-13-15-29(5,6)16-14-22/h7-12,17,22,26-27H,2,5-6,13-16,18H2,1,3-4H3/b8-7-,25-24+. The van der Waals surface area contributed by atoms with Crippen LogP contribution in [0.1, 0.15) is 31.0 Å². The number of hydrogen-bond acceptors (Lipinski definition) is 2. The first-order chi connectivity index (χ1) is 13.8. The fourth-order valence-electron chi connectivity index (χ4n) is 3.89. The Balaban J connectivity index is 1.85. The van der Waals surface area contributed by atoms with Crippen molar-refractivity contribution in [2.75, 3.05) is 30.9 Å². The molecule has 0 spiro atoms. The van der Waals surface area contributed by atoms with E-state index in [9.17, 15) is 0 Å². The normalized spacial score (nSPS) is 18.3. The maximum atomic E-state index is 4.30. The van der Waals surface area contributed by atoms with Gasteiger partial charge in [0.25, 0.3) is 0 Å². The van der Waals surface area contributed by atoms with E-state index in [1.54, 1.807) is 0 Å². The van der Waals surface area contributed by atoms with E-state index in [0.717, 1.165) is 28.6 Å². The minimum Gasteiger partial charge on any atom is -0.382 e. The summed E-state index contributed by atoms with van der Waals surface area (Å²) in [5.74, 6) is 10.9. The van der Waals surface area contributed by atoms with E-state index in [-0.39, 0.29) is 0 Å². The zero-order valence-electron chi connectivity index (χ0n) is 18.1. The largest absolute Gasteiger partial charge is 0.382 e. The van der Waals surface area contributed by atoms with Gasteiger partial charge in [0.2, 0.25) is 0 Å². The monoisotopic (exact) mass is 409 g/mol. The second-order valence-electron chi connectivity index (χ2n) is 8.47. The number of rotatable bonds is 6. The molecule has 0 bridgehead atoms. The van der Waals surface area contributed by atoms with Crippen molar-refractivity contribution in [3.05, 3.63) is 64.3 Å². The van der Waals surface area contributed by atoms with Crippen LogP contribution in [0.2, 0.25) is 0 Å². The van der Waals surface area contributed by atoms with Crippen LogP contribution in [-0.2, 0) is 6.54 Å². The van der Waals surface area contributed by atoms with Crippen molar-refractivity contribution in [3.63, 3.8) is 0 Å². The molecule has 4 heteroatoms. The Morgan fingerprint density at radius 3 is 2.45 bits per heavy atom. The van der Waals surface area contributed by atoms with Gasteiger partial charge in [0.05, 0.1) is 0 Å². The van der Waals surface area contributed by atoms with Crippen LogP contribution in [0, 0.1) is 0 Å². The topological polar surface area (TPSA) is 31.1 Å². The highest BCUT2D eigenvalue weighted by molar-refractivity contribution is 8.27. The van der Waals surface area contributed by atoms with Crippen molar-refractivity contribution in [2.24, 2.45) is 0 Å². The molecule has 1 fully saturated rings. The highest BCUT2D eigenvalue weighted by atomic mass is 32.2. The van der Waals surface area contributed by atoms with E-state index in [1.807, 2.05) is 0 Å². The lowest BCUT2D eigenvalue weighted by molar-refractivity contribution is 0.397. The third-order valence-electron chi connectivity index (χ3n) is 5.43. The van der Waals surface area contributed by atoms with Crippen molar-refractivity contribution in [1.82, 2.24) is 9.88 Å². The van der Waals surface area contributed by atoms with Gasteiger partial charge in [-0.15, -0.1) is 0 Å². The third-order valence-corrected chi connectivity index (χ3v) is 7.63. The van der Waals surface area contributed by atoms with E-state index in [4.69, 9.17) is 0 Å². The average Bonchev–Trinajstić information content (AvgIpc) is 3.01. The summed E-state index contributed by atoms with van der Waals surface area (Å²) in [5.41, 5.74) is 4.77. The Hall–Kier alpha value is -2.17. The van der Waals surface area contributed by atoms with Gasteiger partial charge in [0.15, 0.2) is 0 Å². The maximum absolute atomic E-state index is 4.30. The molecule has 3 rings (SSSR count). The van der Waals surface area contributed by atoms with E-state index < -0.39 is 9.21 Å². The Morgan fingerprint density at radius 1 is 1.21 bits per heavy atom. The summed E-state index contributed by atoms with van der Waals surface area (Å²) >= 11 is 0. The molecule has 0 aliphatic carbocycles. The van der Waals surface area contributed by atoms with Gasteiger partial charge in [-0.2, -0.15) is 0 Å². The van der Waals surface area contributed by atoms with E-state index in [0.29, 0.717) is 6.04 Å². The smallest absolute Gasteiger partial charge is 0.0389 e. The van der Waals surface area contributed by atoms with Gasteiger partial charge < -0.3 is 15.2 Å². The van der Waals surface area contributed by atoms with E-state index in [2.05, 4.69) is 97.0 Å². The number of anilines is 1. The molecule has 0 unspecified atom stereocenters. The number of hydrogen-bond donors (Lipinski definition) is 2. The van der Waals surface area contributed by atoms with Gasteiger partial charge in [-0.1, -0.05) is 42.6 Å². The second-order valence-corrected chi connectivity index (χ2v) is 11.7. The summed E-state index contributed by atoms with van der Waals surface area (Å²) in [5, 5.41) is 5.83. The van der Waals surface area contributed by atoms with Crippen LogP contribution in [0.25, 0.3) is 12.2 Å². The summed E-state index contributed by atoms with van der Waals surface area (Å²) in [6.07, 6.45) is 6.60. The molecule has 1 aliphatic heterocycles. The van der Waals surface area contributed by atoms with Crippen LogP contribution in [-0.4, -0.2) is 53.3 Å². The molecule has 0 radical (unpaired) electrons. The molecule has 1 aliphatic rings. The number of aromatic nitrogens is 1. The van der Waals surface area contributed by atoms with Gasteiger partial charge in [0, 0.05) is 34.5 Å². The average molecular weight is 410 g/mol. The van der Waals surface area contributed by atoms with Crippen LogP contribution >= 0.6 is 9.21 Å². The van der Waals surface area contributed by atoms with Crippen LogP contribution < -0.4 is 15.9 Å². The van der Waals surface area contributed by atoms with Gasteiger partial charge in [-0.05, 0) is 74.7 Å². The van der Waals surface area contributed by atoms with Crippen LogP contribution in [0.4, 0.5) is 5.69 Å². The Bertz CT molecular complexity index is 1060. The minimum absolute atomic E-state index is 0.536. The van der Waals surface area contributed by atoms with Gasteiger partial charge >= 0.3 is 0 Å². The Morgan fingerprint density at radius 2 is 1.86 bits per heavy atom. The van der Waals surface area contributed by atoms with Crippen molar-refractivity contribution >= 4 is 38.8 Å². The number of H-pyrrole nitrogens is 1. The first kappa shape index (κ1) is 21.5. The molecule has 0 atom stereocenters. The summed E-state index contributed by atoms with van der Waals surface area (Å²) in [6.45, 7) is 7.17. The molecule has 1 aromatic heterocycles. The summed E-state index contributed by atoms with van der Waals surface area (Å²) in [4.78, 5) is 5.59. The molecule has 2 aromatic rings. The Labute approximate surface area is 176 Å². The minimum atomic E-state index is -0.836. The molecule has 2 N–H and O–H groups in total. The number of allylic oxidation sites excluding steroid dienone is 2. The highest BCUT2D eigenvalue weighted by Crippen LogP contribution is 2.30.